The Kier molecular flexibility index (Phi) is 4.70. The summed E-state index contributed by atoms with van der Waals surface area (Å²) in [5.41, 5.74) is 8.74. The zero-order valence-corrected chi connectivity index (χ0v) is 12.8. The summed E-state index contributed by atoms with van der Waals surface area (Å²) in [4.78, 5) is 0. The molecule has 0 saturated heterocycles. The van der Waals surface area contributed by atoms with Gasteiger partial charge in [0.05, 0.1) is 27.0 Å². The number of nitrogens with one attached hydrogen (secondary N) is 1. The third-order valence-electron chi connectivity index (χ3n) is 3.43. The minimum Gasteiger partial charge on any atom is -0.493 e. The molecule has 1 aromatic carbocycles. The van der Waals surface area contributed by atoms with Crippen molar-refractivity contribution < 1.29 is 14.2 Å². The van der Waals surface area contributed by atoms with Gasteiger partial charge in [0.25, 0.3) is 0 Å². The van der Waals surface area contributed by atoms with Crippen molar-refractivity contribution in [2.75, 3.05) is 27.9 Å². The zero-order chi connectivity index (χ0) is 15.4. The van der Waals surface area contributed by atoms with Gasteiger partial charge >= 0.3 is 0 Å². The molecule has 0 bridgehead atoms. The molecule has 1 atom stereocenters. The van der Waals surface area contributed by atoms with Crippen LogP contribution in [0.4, 0.5) is 0 Å². The average Bonchev–Trinajstić information content (AvgIpc) is 2.93. The number of benzene rings is 1. The van der Waals surface area contributed by atoms with Crippen molar-refractivity contribution in [1.29, 1.82) is 0 Å². The van der Waals surface area contributed by atoms with Crippen molar-refractivity contribution in [3.8, 4) is 17.2 Å². The van der Waals surface area contributed by atoms with Crippen LogP contribution in [-0.2, 0) is 0 Å². The van der Waals surface area contributed by atoms with Crippen LogP contribution in [0.2, 0.25) is 0 Å². The van der Waals surface area contributed by atoms with E-state index in [2.05, 4.69) is 10.2 Å². The van der Waals surface area contributed by atoms with Crippen molar-refractivity contribution in [2.24, 2.45) is 5.73 Å². The van der Waals surface area contributed by atoms with Crippen LogP contribution in [0.25, 0.3) is 0 Å². The molecule has 6 heteroatoms. The molecule has 0 spiro atoms. The van der Waals surface area contributed by atoms with Gasteiger partial charge in [-0.25, -0.2) is 0 Å². The highest BCUT2D eigenvalue weighted by atomic mass is 16.5. The Balaban J connectivity index is 2.55. The molecule has 1 heterocycles. The molecule has 21 heavy (non-hydrogen) atoms. The van der Waals surface area contributed by atoms with Crippen LogP contribution in [0, 0.1) is 6.92 Å². The van der Waals surface area contributed by atoms with E-state index in [0.29, 0.717) is 23.8 Å². The highest BCUT2D eigenvalue weighted by Crippen LogP contribution is 2.43. The van der Waals surface area contributed by atoms with Gasteiger partial charge in [-0.05, 0) is 19.1 Å². The fourth-order valence-electron chi connectivity index (χ4n) is 2.42. The standard InChI is InChI=1S/C15H21N3O3/c1-9-7-12(18-17-9)11(8-16)10-5-6-13(19-2)15(21-4)14(10)20-3/h5-7,11H,8,16H2,1-4H3,(H,17,18). The van der Waals surface area contributed by atoms with Gasteiger partial charge in [-0.15, -0.1) is 0 Å². The van der Waals surface area contributed by atoms with E-state index in [1.165, 1.54) is 0 Å². The predicted molar refractivity (Wildman–Crippen MR) is 80.3 cm³/mol. The lowest BCUT2D eigenvalue weighted by Gasteiger charge is -2.20. The molecule has 6 nitrogen and oxygen atoms in total. The molecular formula is C15H21N3O3. The molecule has 1 unspecified atom stereocenters. The maximum absolute atomic E-state index is 5.95. The second-order valence-corrected chi connectivity index (χ2v) is 4.69. The van der Waals surface area contributed by atoms with E-state index in [1.54, 1.807) is 21.3 Å². The van der Waals surface area contributed by atoms with Crippen LogP contribution in [0.5, 0.6) is 17.2 Å². The highest BCUT2D eigenvalue weighted by Gasteiger charge is 2.24. The maximum Gasteiger partial charge on any atom is 0.203 e. The van der Waals surface area contributed by atoms with Crippen LogP contribution in [0.15, 0.2) is 18.2 Å². The quantitative estimate of drug-likeness (QED) is 0.848. The van der Waals surface area contributed by atoms with E-state index < -0.39 is 0 Å². The van der Waals surface area contributed by atoms with Gasteiger partial charge < -0.3 is 19.9 Å². The molecule has 1 aromatic heterocycles. The number of aryl methyl sites for hydroxylation is 1. The van der Waals surface area contributed by atoms with E-state index in [0.717, 1.165) is 17.0 Å². The number of ether oxygens (including phenoxy) is 3. The first kappa shape index (κ1) is 15.2. The van der Waals surface area contributed by atoms with Crippen molar-refractivity contribution in [2.45, 2.75) is 12.8 Å². The predicted octanol–water partition coefficient (Wildman–Crippen LogP) is 1.83. The van der Waals surface area contributed by atoms with E-state index in [-0.39, 0.29) is 5.92 Å². The normalized spacial score (nSPS) is 12.0. The summed E-state index contributed by atoms with van der Waals surface area (Å²) in [5, 5.41) is 7.24. The second kappa shape index (κ2) is 6.49. The Labute approximate surface area is 124 Å². The van der Waals surface area contributed by atoms with Gasteiger partial charge in [-0.1, -0.05) is 6.07 Å². The Morgan fingerprint density at radius 2 is 1.86 bits per heavy atom. The van der Waals surface area contributed by atoms with Gasteiger partial charge in [0, 0.05) is 23.7 Å². The van der Waals surface area contributed by atoms with E-state index in [9.17, 15) is 0 Å². The Morgan fingerprint density at radius 1 is 1.14 bits per heavy atom. The summed E-state index contributed by atoms with van der Waals surface area (Å²) in [6.07, 6.45) is 0. The fraction of sp³-hybridized carbons (Fsp3) is 0.400. The first-order chi connectivity index (χ1) is 10.2. The Morgan fingerprint density at radius 3 is 2.33 bits per heavy atom. The molecule has 0 aliphatic heterocycles. The molecule has 2 aromatic rings. The molecule has 0 aliphatic rings. The number of nitrogens with zero attached hydrogens (tertiary/aromatic N) is 1. The van der Waals surface area contributed by atoms with Gasteiger partial charge in [-0.2, -0.15) is 5.10 Å². The Bertz CT molecular complexity index is 610. The molecule has 0 aliphatic carbocycles. The maximum atomic E-state index is 5.95. The van der Waals surface area contributed by atoms with E-state index >= 15 is 0 Å². The van der Waals surface area contributed by atoms with Crippen molar-refractivity contribution in [3.63, 3.8) is 0 Å². The van der Waals surface area contributed by atoms with Crippen molar-refractivity contribution in [3.05, 3.63) is 35.2 Å². The van der Waals surface area contributed by atoms with Crippen molar-refractivity contribution >= 4 is 0 Å². The number of H-pyrrole nitrogens is 1. The summed E-state index contributed by atoms with van der Waals surface area (Å²) >= 11 is 0. The van der Waals surface area contributed by atoms with Crippen LogP contribution in [-0.4, -0.2) is 38.1 Å². The molecule has 114 valence electrons. The first-order valence-corrected chi connectivity index (χ1v) is 6.67. The van der Waals surface area contributed by atoms with Crippen LogP contribution in [0.1, 0.15) is 22.9 Å². The van der Waals surface area contributed by atoms with Gasteiger partial charge in [0.15, 0.2) is 11.5 Å². The smallest absolute Gasteiger partial charge is 0.203 e. The number of aromatic nitrogens is 2. The molecular weight excluding hydrogens is 270 g/mol. The van der Waals surface area contributed by atoms with Gasteiger partial charge in [-0.3, -0.25) is 5.10 Å². The molecule has 2 rings (SSSR count). The third-order valence-corrected chi connectivity index (χ3v) is 3.43. The van der Waals surface area contributed by atoms with Crippen molar-refractivity contribution in [1.82, 2.24) is 10.2 Å². The molecule has 0 amide bonds. The number of rotatable bonds is 6. The lowest BCUT2D eigenvalue weighted by Crippen LogP contribution is -2.15. The van der Waals surface area contributed by atoms with Crippen LogP contribution < -0.4 is 19.9 Å². The number of nitrogens with two attached hydrogens (primary N) is 1. The minimum atomic E-state index is -0.0790. The second-order valence-electron chi connectivity index (χ2n) is 4.69. The summed E-state index contributed by atoms with van der Waals surface area (Å²) in [5.74, 6) is 1.72. The Hall–Kier alpha value is -2.21. The number of hydrogen-bond donors (Lipinski definition) is 2. The summed E-state index contributed by atoms with van der Waals surface area (Å²) in [6.45, 7) is 2.37. The molecule has 3 N–H and O–H groups in total. The minimum absolute atomic E-state index is 0.0790. The largest absolute Gasteiger partial charge is 0.493 e. The molecule has 0 saturated carbocycles. The molecule has 0 fully saturated rings. The summed E-state index contributed by atoms with van der Waals surface area (Å²) < 4.78 is 16.2. The lowest BCUT2D eigenvalue weighted by atomic mass is 9.94. The zero-order valence-electron chi connectivity index (χ0n) is 12.8. The third kappa shape index (κ3) is 2.80. The lowest BCUT2D eigenvalue weighted by molar-refractivity contribution is 0.321. The van der Waals surface area contributed by atoms with Gasteiger partial charge in [0.1, 0.15) is 0 Å². The summed E-state index contributed by atoms with van der Waals surface area (Å²) in [7, 11) is 4.78. The van der Waals surface area contributed by atoms with Gasteiger partial charge in [0.2, 0.25) is 5.75 Å². The highest BCUT2D eigenvalue weighted by molar-refractivity contribution is 5.58. The number of methoxy groups -OCH3 is 3. The van der Waals surface area contributed by atoms with E-state index in [1.807, 2.05) is 25.1 Å². The number of aromatic amines is 1. The first-order valence-electron chi connectivity index (χ1n) is 6.67. The fourth-order valence-corrected chi connectivity index (χ4v) is 2.42. The average molecular weight is 291 g/mol. The van der Waals surface area contributed by atoms with Crippen LogP contribution >= 0.6 is 0 Å². The molecule has 0 radical (unpaired) electrons. The SMILES string of the molecule is COc1ccc(C(CN)c2cc(C)[nH]n2)c(OC)c1OC. The number of hydrogen-bond acceptors (Lipinski definition) is 5. The van der Waals surface area contributed by atoms with E-state index in [4.69, 9.17) is 19.9 Å². The van der Waals surface area contributed by atoms with Crippen LogP contribution in [0.3, 0.4) is 0 Å². The monoisotopic (exact) mass is 291 g/mol. The summed E-state index contributed by atoms with van der Waals surface area (Å²) in [6, 6.07) is 5.76. The topological polar surface area (TPSA) is 82.4 Å².